The summed E-state index contributed by atoms with van der Waals surface area (Å²) in [4.78, 5) is 35.6. The zero-order valence-corrected chi connectivity index (χ0v) is 18.3. The Morgan fingerprint density at radius 3 is 2.74 bits per heavy atom. The fourth-order valence-electron chi connectivity index (χ4n) is 3.28. The van der Waals surface area contributed by atoms with Gasteiger partial charge in [-0.3, -0.25) is 15.1 Å². The first-order valence-electron chi connectivity index (χ1n) is 9.63. The van der Waals surface area contributed by atoms with Crippen molar-refractivity contribution in [2.75, 3.05) is 12.4 Å². The molecular formula is C21H17ClN6O2S. The number of fused-ring (bicyclic) bond motifs is 1. The molecule has 1 fully saturated rings. The van der Waals surface area contributed by atoms with Gasteiger partial charge in [0.1, 0.15) is 10.9 Å². The number of hydrogen-bond acceptors (Lipinski definition) is 8. The number of nitrogens with zero attached hydrogens (tertiary/aromatic N) is 5. The van der Waals surface area contributed by atoms with Gasteiger partial charge in [0, 0.05) is 28.9 Å². The molecule has 1 aliphatic rings. The molecule has 10 heteroatoms. The minimum Gasteiger partial charge on any atom is -0.494 e. The Kier molecular flexibility index (Phi) is 4.99. The molecule has 5 rings (SSSR count). The summed E-state index contributed by atoms with van der Waals surface area (Å²) in [5.74, 6) is 0.657. The number of nitrogens with one attached hydrogen (secondary N) is 1. The average Bonchev–Trinajstić information content (AvgIpc) is 3.53. The van der Waals surface area contributed by atoms with Crippen LogP contribution in [0.1, 0.15) is 40.5 Å². The van der Waals surface area contributed by atoms with Crippen LogP contribution in [0.3, 0.4) is 0 Å². The number of halogens is 1. The zero-order chi connectivity index (χ0) is 21.5. The molecule has 156 valence electrons. The van der Waals surface area contributed by atoms with Crippen molar-refractivity contribution in [3.05, 3.63) is 52.8 Å². The molecule has 0 radical (unpaired) electrons. The fraction of sp³-hybridized carbons (Fsp3) is 0.238. The number of aromatic nitrogens is 5. The molecule has 1 aliphatic carbocycles. The predicted octanol–water partition coefficient (Wildman–Crippen LogP) is 4.64. The molecule has 0 bridgehead atoms. The standard InChI is InChI=1S/C21H17ClN6O2S/c1-10-5-12(13-6-17(22)24-9-16(13)30-2)14(7-23-10)19(29)28-21-27-18-20(31-21)26-15(8-25-18)11-3-4-11/h5-9,11H,3-4H2,1-2H3,(H,25,27,28,29). The minimum absolute atomic E-state index is 0.298. The van der Waals surface area contributed by atoms with E-state index in [9.17, 15) is 4.79 Å². The van der Waals surface area contributed by atoms with Crippen LogP contribution in [-0.2, 0) is 0 Å². The van der Waals surface area contributed by atoms with Crippen molar-refractivity contribution in [3.8, 4) is 16.9 Å². The molecular weight excluding hydrogens is 436 g/mol. The summed E-state index contributed by atoms with van der Waals surface area (Å²) in [6.45, 7) is 1.85. The number of thiazole rings is 1. The molecule has 0 atom stereocenters. The van der Waals surface area contributed by atoms with Gasteiger partial charge in [-0.2, -0.15) is 4.98 Å². The molecule has 31 heavy (non-hydrogen) atoms. The average molecular weight is 453 g/mol. The highest BCUT2D eigenvalue weighted by atomic mass is 35.5. The smallest absolute Gasteiger partial charge is 0.259 e. The highest BCUT2D eigenvalue weighted by molar-refractivity contribution is 7.21. The maximum absolute atomic E-state index is 13.2. The van der Waals surface area contributed by atoms with Crippen LogP contribution in [0.15, 0.2) is 30.7 Å². The van der Waals surface area contributed by atoms with Crippen molar-refractivity contribution in [1.82, 2.24) is 24.9 Å². The van der Waals surface area contributed by atoms with E-state index in [0.717, 1.165) is 24.2 Å². The lowest BCUT2D eigenvalue weighted by atomic mass is 10.0. The van der Waals surface area contributed by atoms with Gasteiger partial charge in [-0.25, -0.2) is 15.0 Å². The van der Waals surface area contributed by atoms with Gasteiger partial charge < -0.3 is 4.74 Å². The van der Waals surface area contributed by atoms with Crippen LogP contribution in [0.4, 0.5) is 5.13 Å². The number of amides is 1. The topological polar surface area (TPSA) is 103 Å². The van der Waals surface area contributed by atoms with E-state index in [2.05, 4.69) is 30.2 Å². The summed E-state index contributed by atoms with van der Waals surface area (Å²) in [5, 5.41) is 3.58. The number of anilines is 1. The number of carbonyl (C=O) groups excluding carboxylic acids is 1. The maximum Gasteiger partial charge on any atom is 0.259 e. The number of pyridine rings is 2. The number of carbonyl (C=O) groups is 1. The van der Waals surface area contributed by atoms with Crippen LogP contribution in [0.2, 0.25) is 5.15 Å². The van der Waals surface area contributed by atoms with Gasteiger partial charge in [0.2, 0.25) is 0 Å². The minimum atomic E-state index is -0.348. The third kappa shape index (κ3) is 3.94. The Morgan fingerprint density at radius 2 is 1.97 bits per heavy atom. The van der Waals surface area contributed by atoms with Gasteiger partial charge >= 0.3 is 0 Å². The van der Waals surface area contributed by atoms with Gasteiger partial charge in [0.15, 0.2) is 15.6 Å². The number of hydrogen-bond donors (Lipinski definition) is 1. The van der Waals surface area contributed by atoms with Gasteiger partial charge in [-0.15, -0.1) is 0 Å². The highest BCUT2D eigenvalue weighted by Crippen LogP contribution is 2.39. The molecule has 4 heterocycles. The van der Waals surface area contributed by atoms with E-state index in [1.165, 1.54) is 23.7 Å². The monoisotopic (exact) mass is 452 g/mol. The predicted molar refractivity (Wildman–Crippen MR) is 119 cm³/mol. The molecule has 0 unspecified atom stereocenters. The summed E-state index contributed by atoms with van der Waals surface area (Å²) in [7, 11) is 1.54. The van der Waals surface area contributed by atoms with Gasteiger partial charge in [-0.1, -0.05) is 22.9 Å². The first-order chi connectivity index (χ1) is 15.0. The van der Waals surface area contributed by atoms with Crippen LogP contribution in [-0.4, -0.2) is 37.9 Å². The molecule has 1 amide bonds. The molecule has 4 aromatic rings. The normalized spacial score (nSPS) is 13.4. The van der Waals surface area contributed by atoms with E-state index in [1.54, 1.807) is 19.4 Å². The van der Waals surface area contributed by atoms with Crippen LogP contribution >= 0.6 is 22.9 Å². The second-order valence-electron chi connectivity index (χ2n) is 7.25. The second-order valence-corrected chi connectivity index (χ2v) is 8.61. The summed E-state index contributed by atoms with van der Waals surface area (Å²) >= 11 is 7.41. The first-order valence-corrected chi connectivity index (χ1v) is 10.8. The molecule has 0 spiro atoms. The van der Waals surface area contributed by atoms with Crippen LogP contribution in [0.25, 0.3) is 21.6 Å². The molecule has 0 saturated heterocycles. The Bertz CT molecular complexity index is 1320. The number of aryl methyl sites for hydroxylation is 1. The lowest BCUT2D eigenvalue weighted by Gasteiger charge is -2.13. The Morgan fingerprint density at radius 1 is 1.13 bits per heavy atom. The number of methoxy groups -OCH3 is 1. The SMILES string of the molecule is COc1cnc(Cl)cc1-c1cc(C)ncc1C(=O)Nc1nc2ncc(C3CC3)nc2s1. The number of ether oxygens (including phenoxy) is 1. The lowest BCUT2D eigenvalue weighted by Crippen LogP contribution is -2.14. The lowest BCUT2D eigenvalue weighted by molar-refractivity contribution is 0.102. The van der Waals surface area contributed by atoms with Crippen molar-refractivity contribution in [3.63, 3.8) is 0 Å². The Labute approximate surface area is 186 Å². The summed E-state index contributed by atoms with van der Waals surface area (Å²) < 4.78 is 5.42. The third-order valence-corrected chi connectivity index (χ3v) is 6.05. The van der Waals surface area contributed by atoms with E-state index in [4.69, 9.17) is 16.3 Å². The summed E-state index contributed by atoms with van der Waals surface area (Å²) in [5.41, 5.74) is 3.92. The molecule has 8 nitrogen and oxygen atoms in total. The molecule has 0 aromatic carbocycles. The van der Waals surface area contributed by atoms with Crippen LogP contribution < -0.4 is 10.1 Å². The summed E-state index contributed by atoms with van der Waals surface area (Å²) in [6, 6.07) is 3.48. The van der Waals surface area contributed by atoms with Gasteiger partial charge in [0.05, 0.1) is 30.8 Å². The van der Waals surface area contributed by atoms with Gasteiger partial charge in [0.25, 0.3) is 5.91 Å². The number of rotatable bonds is 5. The highest BCUT2D eigenvalue weighted by Gasteiger charge is 2.26. The first kappa shape index (κ1) is 19.8. The van der Waals surface area contributed by atoms with E-state index >= 15 is 0 Å². The largest absolute Gasteiger partial charge is 0.494 e. The Balaban J connectivity index is 1.50. The second kappa shape index (κ2) is 7.82. The van der Waals surface area contributed by atoms with Crippen LogP contribution in [0.5, 0.6) is 5.75 Å². The molecule has 1 saturated carbocycles. The van der Waals surface area contributed by atoms with Crippen molar-refractivity contribution < 1.29 is 9.53 Å². The van der Waals surface area contributed by atoms with E-state index in [0.29, 0.717) is 49.1 Å². The van der Waals surface area contributed by atoms with Crippen molar-refractivity contribution in [2.24, 2.45) is 0 Å². The van der Waals surface area contributed by atoms with Crippen LogP contribution in [0, 0.1) is 6.92 Å². The maximum atomic E-state index is 13.2. The third-order valence-electron chi connectivity index (χ3n) is 4.99. The molecule has 1 N–H and O–H groups in total. The zero-order valence-electron chi connectivity index (χ0n) is 16.7. The van der Waals surface area contributed by atoms with Crippen molar-refractivity contribution >= 4 is 44.5 Å². The van der Waals surface area contributed by atoms with E-state index in [1.807, 2.05) is 13.0 Å². The van der Waals surface area contributed by atoms with Gasteiger partial charge in [-0.05, 0) is 31.9 Å². The quantitative estimate of drug-likeness (QED) is 0.440. The summed E-state index contributed by atoms with van der Waals surface area (Å²) in [6.07, 6.45) is 7.12. The fourth-order valence-corrected chi connectivity index (χ4v) is 4.24. The molecule has 0 aliphatic heterocycles. The van der Waals surface area contributed by atoms with E-state index in [-0.39, 0.29) is 5.91 Å². The van der Waals surface area contributed by atoms with Crippen molar-refractivity contribution in [1.29, 1.82) is 0 Å². The van der Waals surface area contributed by atoms with Crippen molar-refractivity contribution in [2.45, 2.75) is 25.7 Å². The van der Waals surface area contributed by atoms with E-state index < -0.39 is 0 Å². The molecule has 4 aromatic heterocycles. The Hall–Kier alpha value is -3.17.